The number of ether oxygens (including phenoxy) is 1. The van der Waals surface area contributed by atoms with Crippen LogP contribution < -0.4 is 5.73 Å². The number of hydrogen-bond donors (Lipinski definition) is 1. The third-order valence-electron chi connectivity index (χ3n) is 4.63. The fourth-order valence-electron chi connectivity index (χ4n) is 3.26. The lowest BCUT2D eigenvalue weighted by molar-refractivity contribution is -0.0274. The highest BCUT2D eigenvalue weighted by Gasteiger charge is 2.38. The van der Waals surface area contributed by atoms with Crippen molar-refractivity contribution in [3.8, 4) is 0 Å². The zero-order chi connectivity index (χ0) is 13.9. The summed E-state index contributed by atoms with van der Waals surface area (Å²) in [5.41, 5.74) is 7.59. The van der Waals surface area contributed by atoms with Gasteiger partial charge in [-0.05, 0) is 45.1 Å². The fourth-order valence-corrected chi connectivity index (χ4v) is 3.26. The van der Waals surface area contributed by atoms with Gasteiger partial charge in [-0.1, -0.05) is 37.3 Å². The van der Waals surface area contributed by atoms with Crippen LogP contribution in [0, 0.1) is 0 Å². The van der Waals surface area contributed by atoms with Gasteiger partial charge in [-0.3, -0.25) is 0 Å². The van der Waals surface area contributed by atoms with Crippen molar-refractivity contribution in [3.05, 3.63) is 35.9 Å². The van der Waals surface area contributed by atoms with Crippen molar-refractivity contribution >= 4 is 0 Å². The van der Waals surface area contributed by atoms with Gasteiger partial charge < -0.3 is 10.5 Å². The Morgan fingerprint density at radius 3 is 2.47 bits per heavy atom. The third-order valence-corrected chi connectivity index (χ3v) is 4.63. The highest BCUT2D eigenvalue weighted by atomic mass is 16.5. The fraction of sp³-hybridized carbons (Fsp3) is 0.647. The quantitative estimate of drug-likeness (QED) is 0.878. The second-order valence-corrected chi connectivity index (χ2v) is 6.45. The molecule has 106 valence electrons. The summed E-state index contributed by atoms with van der Waals surface area (Å²) in [6.07, 6.45) is 4.75. The first-order valence-corrected chi connectivity index (χ1v) is 7.45. The molecule has 1 saturated heterocycles. The van der Waals surface area contributed by atoms with Crippen LogP contribution in [0.5, 0.6) is 0 Å². The standard InChI is InChI=1S/C17H27NO/c1-4-17(13-18,14-8-6-5-7-9-14)12-15-10-11-16(2,3)19-15/h5-9,15H,4,10-13,18H2,1-3H3. The summed E-state index contributed by atoms with van der Waals surface area (Å²) in [6.45, 7) is 7.30. The van der Waals surface area contributed by atoms with Gasteiger partial charge in [-0.15, -0.1) is 0 Å². The number of benzene rings is 1. The van der Waals surface area contributed by atoms with Crippen molar-refractivity contribution in [2.45, 2.75) is 63.6 Å². The Kier molecular flexibility index (Phi) is 4.32. The van der Waals surface area contributed by atoms with Crippen LogP contribution in [0.15, 0.2) is 30.3 Å². The molecule has 2 unspecified atom stereocenters. The predicted molar refractivity (Wildman–Crippen MR) is 80.3 cm³/mol. The Morgan fingerprint density at radius 1 is 1.32 bits per heavy atom. The van der Waals surface area contributed by atoms with Gasteiger partial charge in [0.1, 0.15) is 0 Å². The Morgan fingerprint density at radius 2 is 2.00 bits per heavy atom. The Labute approximate surface area is 117 Å². The van der Waals surface area contributed by atoms with Crippen LogP contribution in [0.4, 0.5) is 0 Å². The van der Waals surface area contributed by atoms with E-state index in [1.807, 2.05) is 0 Å². The van der Waals surface area contributed by atoms with E-state index in [4.69, 9.17) is 10.5 Å². The van der Waals surface area contributed by atoms with E-state index in [2.05, 4.69) is 51.1 Å². The SMILES string of the molecule is CCC(CN)(CC1CCC(C)(C)O1)c1ccccc1. The molecule has 1 aliphatic rings. The van der Waals surface area contributed by atoms with Crippen molar-refractivity contribution in [1.82, 2.24) is 0 Å². The maximum atomic E-state index is 6.17. The largest absolute Gasteiger partial charge is 0.372 e. The summed E-state index contributed by atoms with van der Waals surface area (Å²) >= 11 is 0. The zero-order valence-corrected chi connectivity index (χ0v) is 12.5. The van der Waals surface area contributed by atoms with Gasteiger partial charge in [0.2, 0.25) is 0 Å². The highest BCUT2D eigenvalue weighted by Crippen LogP contribution is 2.39. The molecule has 2 rings (SSSR count). The summed E-state index contributed by atoms with van der Waals surface area (Å²) in [7, 11) is 0. The lowest BCUT2D eigenvalue weighted by Gasteiger charge is -2.35. The van der Waals surface area contributed by atoms with Gasteiger partial charge >= 0.3 is 0 Å². The first-order valence-electron chi connectivity index (χ1n) is 7.45. The maximum Gasteiger partial charge on any atom is 0.0631 e. The first-order chi connectivity index (χ1) is 9.01. The van der Waals surface area contributed by atoms with Crippen LogP contribution >= 0.6 is 0 Å². The van der Waals surface area contributed by atoms with E-state index in [0.717, 1.165) is 25.7 Å². The minimum absolute atomic E-state index is 0.0371. The molecule has 19 heavy (non-hydrogen) atoms. The van der Waals surface area contributed by atoms with Crippen LogP contribution in [-0.2, 0) is 10.2 Å². The third kappa shape index (κ3) is 3.18. The second-order valence-electron chi connectivity index (χ2n) is 6.45. The van der Waals surface area contributed by atoms with Crippen molar-refractivity contribution in [3.63, 3.8) is 0 Å². The van der Waals surface area contributed by atoms with E-state index < -0.39 is 0 Å². The Balaban J connectivity index is 2.17. The number of nitrogens with two attached hydrogens (primary N) is 1. The molecule has 2 nitrogen and oxygen atoms in total. The molecule has 1 aliphatic heterocycles. The van der Waals surface area contributed by atoms with Gasteiger partial charge in [0.05, 0.1) is 11.7 Å². The summed E-state index contributed by atoms with van der Waals surface area (Å²) in [5.74, 6) is 0. The second kappa shape index (κ2) is 5.64. The molecular weight excluding hydrogens is 234 g/mol. The van der Waals surface area contributed by atoms with Crippen molar-refractivity contribution < 1.29 is 4.74 Å². The van der Waals surface area contributed by atoms with Crippen LogP contribution in [0.25, 0.3) is 0 Å². The van der Waals surface area contributed by atoms with Crippen molar-refractivity contribution in [2.75, 3.05) is 6.54 Å². The smallest absolute Gasteiger partial charge is 0.0631 e. The summed E-state index contributed by atoms with van der Waals surface area (Å²) in [6, 6.07) is 10.7. The van der Waals surface area contributed by atoms with Crippen LogP contribution in [-0.4, -0.2) is 18.2 Å². The molecule has 2 heteroatoms. The first kappa shape index (κ1) is 14.5. The Hall–Kier alpha value is -0.860. The molecule has 0 aromatic heterocycles. The summed E-state index contributed by atoms with van der Waals surface area (Å²) < 4.78 is 6.17. The van der Waals surface area contributed by atoms with E-state index in [9.17, 15) is 0 Å². The number of hydrogen-bond acceptors (Lipinski definition) is 2. The Bertz CT molecular complexity index is 395. The molecule has 0 spiro atoms. The average Bonchev–Trinajstić information content (AvgIpc) is 2.76. The maximum absolute atomic E-state index is 6.17. The van der Waals surface area contributed by atoms with E-state index in [1.165, 1.54) is 5.56 Å². The molecule has 1 aromatic carbocycles. The minimum Gasteiger partial charge on any atom is -0.372 e. The normalized spacial score (nSPS) is 25.2. The molecule has 2 N–H and O–H groups in total. The predicted octanol–water partition coefficient (Wildman–Crippen LogP) is 3.64. The topological polar surface area (TPSA) is 35.2 Å². The number of rotatable bonds is 5. The van der Waals surface area contributed by atoms with Gasteiger partial charge in [0, 0.05) is 12.0 Å². The van der Waals surface area contributed by atoms with Crippen LogP contribution in [0.1, 0.15) is 52.0 Å². The zero-order valence-electron chi connectivity index (χ0n) is 12.5. The molecular formula is C17H27NO. The van der Waals surface area contributed by atoms with E-state index in [1.54, 1.807) is 0 Å². The summed E-state index contributed by atoms with van der Waals surface area (Å²) in [4.78, 5) is 0. The van der Waals surface area contributed by atoms with Crippen molar-refractivity contribution in [2.24, 2.45) is 5.73 Å². The molecule has 0 aliphatic carbocycles. The molecule has 1 aromatic rings. The van der Waals surface area contributed by atoms with Crippen LogP contribution in [0.3, 0.4) is 0 Å². The van der Waals surface area contributed by atoms with Crippen molar-refractivity contribution in [1.29, 1.82) is 0 Å². The van der Waals surface area contributed by atoms with Gasteiger partial charge in [0.15, 0.2) is 0 Å². The molecule has 2 atom stereocenters. The van der Waals surface area contributed by atoms with E-state index in [0.29, 0.717) is 12.6 Å². The highest BCUT2D eigenvalue weighted by molar-refractivity contribution is 5.26. The molecule has 0 radical (unpaired) electrons. The van der Waals surface area contributed by atoms with Gasteiger partial charge in [-0.2, -0.15) is 0 Å². The molecule has 0 saturated carbocycles. The molecule has 1 heterocycles. The van der Waals surface area contributed by atoms with Crippen LogP contribution in [0.2, 0.25) is 0 Å². The summed E-state index contributed by atoms with van der Waals surface area (Å²) in [5, 5.41) is 0. The lowest BCUT2D eigenvalue weighted by Crippen LogP contribution is -2.38. The van der Waals surface area contributed by atoms with E-state index >= 15 is 0 Å². The van der Waals surface area contributed by atoms with Gasteiger partial charge in [0.25, 0.3) is 0 Å². The molecule has 0 amide bonds. The van der Waals surface area contributed by atoms with E-state index in [-0.39, 0.29) is 11.0 Å². The average molecular weight is 261 g/mol. The van der Waals surface area contributed by atoms with Gasteiger partial charge in [-0.25, -0.2) is 0 Å². The molecule has 0 bridgehead atoms. The molecule has 1 fully saturated rings. The minimum atomic E-state index is 0.0371. The lowest BCUT2D eigenvalue weighted by atomic mass is 9.73. The monoisotopic (exact) mass is 261 g/mol.